The van der Waals surface area contributed by atoms with Crippen molar-refractivity contribution in [3.05, 3.63) is 82.4 Å². The Hall–Kier alpha value is -3.45. The second-order valence-electron chi connectivity index (χ2n) is 7.08. The lowest BCUT2D eigenvalue weighted by molar-refractivity contribution is -0.156. The standard InChI is InChI=1S/C23H21NO6/c1-28-20(25)17-18(21(26)29-2)23(22(27)30-3)16-12-8-7-11-15(16)19(17)24(23)13-14-9-5-4-6-10-14/h4-12,19H,13H2,1-3H3/t19-,23+/m0/s1. The summed E-state index contributed by atoms with van der Waals surface area (Å²) in [5, 5.41) is 0. The van der Waals surface area contributed by atoms with Gasteiger partial charge in [-0.1, -0.05) is 54.6 Å². The fourth-order valence-electron chi connectivity index (χ4n) is 4.65. The first kappa shape index (κ1) is 19.8. The molecule has 2 bridgehead atoms. The zero-order valence-corrected chi connectivity index (χ0v) is 16.9. The maximum atomic E-state index is 13.4. The van der Waals surface area contributed by atoms with Gasteiger partial charge in [0, 0.05) is 6.54 Å². The van der Waals surface area contributed by atoms with Gasteiger partial charge >= 0.3 is 17.9 Å². The maximum Gasteiger partial charge on any atom is 0.337 e. The maximum absolute atomic E-state index is 13.4. The third-order valence-electron chi connectivity index (χ3n) is 5.76. The Bertz CT molecular complexity index is 1060. The Morgan fingerprint density at radius 3 is 2.13 bits per heavy atom. The van der Waals surface area contributed by atoms with Gasteiger partial charge in [-0.3, -0.25) is 4.90 Å². The fraction of sp³-hybridized carbons (Fsp3) is 0.261. The molecule has 0 saturated heterocycles. The highest BCUT2D eigenvalue weighted by atomic mass is 16.5. The molecule has 0 radical (unpaired) electrons. The van der Waals surface area contributed by atoms with E-state index in [4.69, 9.17) is 14.2 Å². The molecule has 2 aliphatic heterocycles. The van der Waals surface area contributed by atoms with Gasteiger partial charge in [0.05, 0.1) is 38.5 Å². The molecular weight excluding hydrogens is 386 g/mol. The molecule has 30 heavy (non-hydrogen) atoms. The Morgan fingerprint density at radius 2 is 1.50 bits per heavy atom. The Balaban J connectivity index is 2.04. The van der Waals surface area contributed by atoms with Crippen LogP contribution in [-0.2, 0) is 40.7 Å². The van der Waals surface area contributed by atoms with Gasteiger partial charge in [-0.05, 0) is 16.7 Å². The normalized spacial score (nSPS) is 21.9. The Morgan fingerprint density at radius 1 is 0.867 bits per heavy atom. The van der Waals surface area contributed by atoms with Gasteiger partial charge in [0.1, 0.15) is 0 Å². The van der Waals surface area contributed by atoms with E-state index in [0.29, 0.717) is 12.1 Å². The number of carbonyl (C=O) groups is 3. The molecule has 154 valence electrons. The lowest BCUT2D eigenvalue weighted by atomic mass is 9.76. The number of ether oxygens (including phenoxy) is 3. The first-order valence-corrected chi connectivity index (χ1v) is 9.42. The number of hydrogen-bond donors (Lipinski definition) is 0. The van der Waals surface area contributed by atoms with Crippen molar-refractivity contribution in [1.29, 1.82) is 0 Å². The summed E-state index contributed by atoms with van der Waals surface area (Å²) in [6, 6.07) is 16.1. The van der Waals surface area contributed by atoms with Crippen LogP contribution in [0.1, 0.15) is 22.7 Å². The van der Waals surface area contributed by atoms with Crippen molar-refractivity contribution >= 4 is 17.9 Å². The van der Waals surface area contributed by atoms with Crippen molar-refractivity contribution in [2.24, 2.45) is 0 Å². The van der Waals surface area contributed by atoms with Crippen LogP contribution in [0, 0.1) is 0 Å². The zero-order chi connectivity index (χ0) is 21.5. The fourth-order valence-corrected chi connectivity index (χ4v) is 4.65. The highest BCUT2D eigenvalue weighted by Crippen LogP contribution is 2.61. The number of nitrogens with zero attached hydrogens (tertiary/aromatic N) is 1. The smallest absolute Gasteiger partial charge is 0.337 e. The quantitative estimate of drug-likeness (QED) is 0.555. The van der Waals surface area contributed by atoms with E-state index in [1.165, 1.54) is 21.3 Å². The lowest BCUT2D eigenvalue weighted by Gasteiger charge is -2.34. The highest BCUT2D eigenvalue weighted by molar-refractivity contribution is 6.12. The number of carbonyl (C=O) groups excluding carboxylic acids is 3. The second-order valence-corrected chi connectivity index (χ2v) is 7.08. The summed E-state index contributed by atoms with van der Waals surface area (Å²) >= 11 is 0. The molecule has 2 heterocycles. The number of fused-ring (bicyclic) bond motifs is 5. The molecule has 0 unspecified atom stereocenters. The van der Waals surface area contributed by atoms with Crippen LogP contribution in [-0.4, -0.2) is 44.1 Å². The number of hydrogen-bond acceptors (Lipinski definition) is 7. The molecule has 2 aliphatic rings. The minimum absolute atomic E-state index is 0.0525. The predicted molar refractivity (Wildman–Crippen MR) is 106 cm³/mol. The van der Waals surface area contributed by atoms with Crippen LogP contribution >= 0.6 is 0 Å². The molecule has 2 aromatic rings. The number of benzene rings is 2. The van der Waals surface area contributed by atoms with Gasteiger partial charge in [0.15, 0.2) is 5.54 Å². The molecule has 7 heteroatoms. The first-order valence-electron chi connectivity index (χ1n) is 9.42. The SMILES string of the molecule is COC(=O)C1=C(C(=O)OC)[C@@]2(C(=O)OC)c3ccccc3[C@@H]1N2Cc1ccccc1. The molecule has 0 amide bonds. The molecule has 7 nitrogen and oxygen atoms in total. The molecule has 0 spiro atoms. The molecule has 0 aromatic heterocycles. The van der Waals surface area contributed by atoms with Gasteiger partial charge in [0.25, 0.3) is 0 Å². The number of rotatable bonds is 5. The zero-order valence-electron chi connectivity index (χ0n) is 16.9. The average Bonchev–Trinajstić information content (AvgIpc) is 3.24. The topological polar surface area (TPSA) is 82.1 Å². The summed E-state index contributed by atoms with van der Waals surface area (Å²) in [4.78, 5) is 41.0. The van der Waals surface area contributed by atoms with Crippen molar-refractivity contribution in [2.75, 3.05) is 21.3 Å². The van der Waals surface area contributed by atoms with E-state index in [0.717, 1.165) is 11.1 Å². The summed E-state index contributed by atoms with van der Waals surface area (Å²) in [5.41, 5.74) is 0.715. The summed E-state index contributed by atoms with van der Waals surface area (Å²) < 4.78 is 15.2. The number of esters is 3. The van der Waals surface area contributed by atoms with E-state index in [-0.39, 0.29) is 11.1 Å². The first-order chi connectivity index (χ1) is 14.5. The van der Waals surface area contributed by atoms with Crippen LogP contribution in [0.2, 0.25) is 0 Å². The molecule has 0 saturated carbocycles. The molecule has 0 fully saturated rings. The van der Waals surface area contributed by atoms with Crippen molar-refractivity contribution < 1.29 is 28.6 Å². The third-order valence-corrected chi connectivity index (χ3v) is 5.76. The van der Waals surface area contributed by atoms with E-state index in [9.17, 15) is 14.4 Å². The molecule has 2 aromatic carbocycles. The van der Waals surface area contributed by atoms with Crippen LogP contribution in [0.15, 0.2) is 65.7 Å². The minimum atomic E-state index is -1.61. The Labute approximate surface area is 173 Å². The van der Waals surface area contributed by atoms with Gasteiger partial charge in [-0.25, -0.2) is 14.4 Å². The van der Waals surface area contributed by atoms with Crippen LogP contribution in [0.4, 0.5) is 0 Å². The average molecular weight is 407 g/mol. The summed E-state index contributed by atoms with van der Waals surface area (Å²) in [6.45, 7) is 0.302. The van der Waals surface area contributed by atoms with Crippen LogP contribution < -0.4 is 0 Å². The van der Waals surface area contributed by atoms with Crippen molar-refractivity contribution in [3.8, 4) is 0 Å². The van der Waals surface area contributed by atoms with Gasteiger partial charge in [-0.15, -0.1) is 0 Å². The third kappa shape index (κ3) is 2.52. The van der Waals surface area contributed by atoms with Gasteiger partial charge < -0.3 is 14.2 Å². The molecule has 0 aliphatic carbocycles. The molecule has 4 rings (SSSR count). The van der Waals surface area contributed by atoms with Crippen molar-refractivity contribution in [3.63, 3.8) is 0 Å². The second kappa shape index (κ2) is 7.42. The van der Waals surface area contributed by atoms with Crippen LogP contribution in [0.5, 0.6) is 0 Å². The predicted octanol–water partition coefficient (Wildman–Crippen LogP) is 2.27. The van der Waals surface area contributed by atoms with E-state index in [2.05, 4.69) is 0 Å². The van der Waals surface area contributed by atoms with Gasteiger partial charge in [-0.2, -0.15) is 0 Å². The highest BCUT2D eigenvalue weighted by Gasteiger charge is 2.68. The van der Waals surface area contributed by atoms with Crippen molar-refractivity contribution in [2.45, 2.75) is 18.1 Å². The Kier molecular flexibility index (Phi) is 4.91. The van der Waals surface area contributed by atoms with E-state index in [1.54, 1.807) is 12.1 Å². The molecular formula is C23H21NO6. The van der Waals surface area contributed by atoms with E-state index >= 15 is 0 Å². The molecule has 0 N–H and O–H groups in total. The summed E-state index contributed by atoms with van der Waals surface area (Å²) in [6.07, 6.45) is 0. The molecule has 2 atom stereocenters. The van der Waals surface area contributed by atoms with Crippen molar-refractivity contribution in [1.82, 2.24) is 4.90 Å². The lowest BCUT2D eigenvalue weighted by Crippen LogP contribution is -2.49. The minimum Gasteiger partial charge on any atom is -0.467 e. The monoisotopic (exact) mass is 407 g/mol. The largest absolute Gasteiger partial charge is 0.467 e. The summed E-state index contributed by atoms with van der Waals surface area (Å²) in [7, 11) is 3.72. The van der Waals surface area contributed by atoms with Crippen LogP contribution in [0.3, 0.4) is 0 Å². The van der Waals surface area contributed by atoms with Gasteiger partial charge in [0.2, 0.25) is 0 Å². The van der Waals surface area contributed by atoms with E-state index < -0.39 is 29.5 Å². The summed E-state index contributed by atoms with van der Waals surface area (Å²) in [5.74, 6) is -2.11. The van der Waals surface area contributed by atoms with E-state index in [1.807, 2.05) is 47.4 Å². The number of methoxy groups -OCH3 is 3. The van der Waals surface area contributed by atoms with Crippen LogP contribution in [0.25, 0.3) is 0 Å².